The van der Waals surface area contributed by atoms with Gasteiger partial charge in [-0.1, -0.05) is 46.5 Å². The van der Waals surface area contributed by atoms with E-state index in [1.807, 2.05) is 0 Å². The first-order valence-electron chi connectivity index (χ1n) is 8.46. The van der Waals surface area contributed by atoms with Crippen molar-refractivity contribution < 1.29 is 5.11 Å². The van der Waals surface area contributed by atoms with Crippen molar-refractivity contribution in [2.45, 2.75) is 83.7 Å². The summed E-state index contributed by atoms with van der Waals surface area (Å²) in [5, 5.41) is 14.1. The summed E-state index contributed by atoms with van der Waals surface area (Å²) >= 11 is 0. The van der Waals surface area contributed by atoms with Crippen LogP contribution in [0, 0.1) is 17.8 Å². The Balaban J connectivity index is 2.10. The Kier molecular flexibility index (Phi) is 5.30. The highest BCUT2D eigenvalue weighted by Gasteiger charge is 2.44. The van der Waals surface area contributed by atoms with Gasteiger partial charge >= 0.3 is 0 Å². The van der Waals surface area contributed by atoms with Crippen LogP contribution >= 0.6 is 0 Å². The smallest absolute Gasteiger partial charge is 0.0616 e. The van der Waals surface area contributed by atoms with Gasteiger partial charge in [0.1, 0.15) is 0 Å². The third-order valence-electron chi connectivity index (χ3n) is 5.58. The molecule has 2 fully saturated rings. The van der Waals surface area contributed by atoms with Crippen molar-refractivity contribution in [1.29, 1.82) is 0 Å². The molecular formula is C17H33NO. The van der Waals surface area contributed by atoms with E-state index in [4.69, 9.17) is 0 Å². The summed E-state index contributed by atoms with van der Waals surface area (Å²) in [4.78, 5) is 0. The Morgan fingerprint density at radius 2 is 1.79 bits per heavy atom. The van der Waals surface area contributed by atoms with Gasteiger partial charge in [-0.3, -0.25) is 0 Å². The molecule has 0 bridgehead atoms. The predicted octanol–water partition coefficient (Wildman–Crippen LogP) is 3.73. The summed E-state index contributed by atoms with van der Waals surface area (Å²) in [7, 11) is 0. The molecule has 2 rings (SSSR count). The fourth-order valence-corrected chi connectivity index (χ4v) is 4.63. The van der Waals surface area contributed by atoms with Crippen LogP contribution in [0.15, 0.2) is 0 Å². The molecule has 0 spiro atoms. The first-order valence-corrected chi connectivity index (χ1v) is 8.46. The van der Waals surface area contributed by atoms with Crippen molar-refractivity contribution in [2.24, 2.45) is 17.8 Å². The highest BCUT2D eigenvalue weighted by atomic mass is 16.3. The molecule has 2 aliphatic carbocycles. The second-order valence-corrected chi connectivity index (χ2v) is 7.53. The van der Waals surface area contributed by atoms with Gasteiger partial charge in [0.15, 0.2) is 0 Å². The highest BCUT2D eigenvalue weighted by Crippen LogP contribution is 2.41. The fraction of sp³-hybridized carbons (Fsp3) is 1.00. The van der Waals surface area contributed by atoms with Gasteiger partial charge in [-0.25, -0.2) is 0 Å². The molecule has 19 heavy (non-hydrogen) atoms. The van der Waals surface area contributed by atoms with E-state index in [0.717, 1.165) is 12.3 Å². The van der Waals surface area contributed by atoms with Crippen molar-refractivity contribution >= 4 is 0 Å². The molecule has 0 aromatic carbocycles. The van der Waals surface area contributed by atoms with E-state index < -0.39 is 0 Å². The van der Waals surface area contributed by atoms with Crippen LogP contribution in [0.4, 0.5) is 0 Å². The molecule has 112 valence electrons. The van der Waals surface area contributed by atoms with Crippen molar-refractivity contribution in [3.63, 3.8) is 0 Å². The van der Waals surface area contributed by atoms with Crippen molar-refractivity contribution in [2.75, 3.05) is 6.61 Å². The molecule has 3 unspecified atom stereocenters. The van der Waals surface area contributed by atoms with Gasteiger partial charge in [0.25, 0.3) is 0 Å². The van der Waals surface area contributed by atoms with Gasteiger partial charge in [-0.15, -0.1) is 0 Å². The van der Waals surface area contributed by atoms with E-state index in [2.05, 4.69) is 26.1 Å². The summed E-state index contributed by atoms with van der Waals surface area (Å²) in [5.41, 5.74) is -0.00611. The predicted molar refractivity (Wildman–Crippen MR) is 81.2 cm³/mol. The lowest BCUT2D eigenvalue weighted by molar-refractivity contribution is 0.0113. The minimum absolute atomic E-state index is 0.00611. The Morgan fingerprint density at radius 1 is 1.11 bits per heavy atom. The average Bonchev–Trinajstić information content (AvgIpc) is 2.39. The quantitative estimate of drug-likeness (QED) is 0.813. The molecule has 0 radical (unpaired) electrons. The summed E-state index contributed by atoms with van der Waals surface area (Å²) < 4.78 is 0. The maximum absolute atomic E-state index is 10.1. The minimum atomic E-state index is -0.00611. The monoisotopic (exact) mass is 267 g/mol. The van der Waals surface area contributed by atoms with Gasteiger partial charge in [-0.2, -0.15) is 0 Å². The first-order chi connectivity index (χ1) is 9.07. The van der Waals surface area contributed by atoms with Gasteiger partial charge in [0.05, 0.1) is 6.61 Å². The molecule has 2 nitrogen and oxygen atoms in total. The second kappa shape index (κ2) is 6.58. The zero-order valence-electron chi connectivity index (χ0n) is 13.1. The van der Waals surface area contributed by atoms with E-state index in [-0.39, 0.29) is 5.54 Å². The summed E-state index contributed by atoms with van der Waals surface area (Å²) in [5.74, 6) is 2.05. The van der Waals surface area contributed by atoms with Crippen LogP contribution in [-0.4, -0.2) is 23.3 Å². The Labute approximate surface area is 119 Å². The van der Waals surface area contributed by atoms with Crippen molar-refractivity contribution in [1.82, 2.24) is 5.32 Å². The number of aliphatic hydroxyl groups excluding tert-OH is 1. The first kappa shape index (κ1) is 15.3. The highest BCUT2D eigenvalue weighted by molar-refractivity contribution is 5.01. The zero-order chi connectivity index (χ0) is 13.9. The van der Waals surface area contributed by atoms with E-state index in [1.54, 1.807) is 0 Å². The van der Waals surface area contributed by atoms with E-state index in [0.29, 0.717) is 24.5 Å². The van der Waals surface area contributed by atoms with Crippen LogP contribution in [0.1, 0.15) is 72.1 Å². The second-order valence-electron chi connectivity index (χ2n) is 7.53. The van der Waals surface area contributed by atoms with Crippen molar-refractivity contribution in [3.05, 3.63) is 0 Å². The van der Waals surface area contributed by atoms with Crippen LogP contribution in [0.2, 0.25) is 0 Å². The van der Waals surface area contributed by atoms with Gasteiger partial charge in [-0.05, 0) is 43.4 Å². The van der Waals surface area contributed by atoms with Crippen LogP contribution in [0.5, 0.6) is 0 Å². The third-order valence-corrected chi connectivity index (χ3v) is 5.58. The lowest BCUT2D eigenvalue weighted by Crippen LogP contribution is -2.61. The molecule has 0 heterocycles. The number of rotatable bonds is 4. The number of hydrogen-bond acceptors (Lipinski definition) is 2. The van der Waals surface area contributed by atoms with Crippen LogP contribution in [0.3, 0.4) is 0 Å². The van der Waals surface area contributed by atoms with Gasteiger partial charge < -0.3 is 10.4 Å². The topological polar surface area (TPSA) is 32.3 Å². The molecule has 0 amide bonds. The molecule has 0 saturated heterocycles. The molecule has 0 aliphatic heterocycles. The van der Waals surface area contributed by atoms with Crippen LogP contribution in [-0.2, 0) is 0 Å². The maximum Gasteiger partial charge on any atom is 0.0616 e. The number of aliphatic hydroxyl groups is 1. The van der Waals surface area contributed by atoms with Crippen molar-refractivity contribution in [3.8, 4) is 0 Å². The normalized spacial score (nSPS) is 37.7. The maximum atomic E-state index is 10.1. The molecule has 0 aromatic rings. The molecule has 2 aliphatic rings. The Morgan fingerprint density at radius 3 is 2.37 bits per heavy atom. The van der Waals surface area contributed by atoms with E-state index >= 15 is 0 Å². The summed E-state index contributed by atoms with van der Waals surface area (Å²) in [6.07, 6.45) is 10.5. The Hall–Kier alpha value is -0.0800. The standard InChI is InChI=1S/C17H33NO/c1-13(2)16-10-9-14(3)11-17(16,12-19)18-15-7-5-4-6-8-15/h13-16,18-19H,4-12H2,1-3H3. The fourth-order valence-electron chi connectivity index (χ4n) is 4.63. The molecular weight excluding hydrogens is 234 g/mol. The number of hydrogen-bond donors (Lipinski definition) is 2. The van der Waals surface area contributed by atoms with Crippen LogP contribution in [0.25, 0.3) is 0 Å². The van der Waals surface area contributed by atoms with E-state index in [9.17, 15) is 5.11 Å². The SMILES string of the molecule is CC1CCC(C(C)C)C(CO)(NC2CCCCC2)C1. The van der Waals surface area contributed by atoms with Crippen LogP contribution < -0.4 is 5.32 Å². The molecule has 0 aromatic heterocycles. The van der Waals surface area contributed by atoms with E-state index in [1.165, 1.54) is 44.9 Å². The minimum Gasteiger partial charge on any atom is -0.394 e. The summed E-state index contributed by atoms with van der Waals surface area (Å²) in [6.45, 7) is 7.32. The lowest BCUT2D eigenvalue weighted by Gasteiger charge is -2.50. The summed E-state index contributed by atoms with van der Waals surface area (Å²) in [6, 6.07) is 0.646. The largest absolute Gasteiger partial charge is 0.394 e. The molecule has 2 heteroatoms. The third kappa shape index (κ3) is 3.52. The molecule has 3 atom stereocenters. The van der Waals surface area contributed by atoms with Gasteiger partial charge in [0, 0.05) is 11.6 Å². The number of nitrogens with one attached hydrogen (secondary N) is 1. The lowest BCUT2D eigenvalue weighted by atomic mass is 9.64. The average molecular weight is 267 g/mol. The molecule has 2 N–H and O–H groups in total. The molecule has 2 saturated carbocycles. The van der Waals surface area contributed by atoms with Gasteiger partial charge in [0.2, 0.25) is 0 Å². The Bertz CT molecular complexity index is 272. The zero-order valence-corrected chi connectivity index (χ0v) is 13.1.